The lowest BCUT2D eigenvalue weighted by Crippen LogP contribution is -2.22. The van der Waals surface area contributed by atoms with E-state index in [4.69, 9.17) is 23.2 Å². The van der Waals surface area contributed by atoms with Crippen molar-refractivity contribution in [3.63, 3.8) is 0 Å². The molecule has 0 aliphatic heterocycles. The molecule has 0 fully saturated rings. The van der Waals surface area contributed by atoms with Crippen LogP contribution in [-0.4, -0.2) is 10.9 Å². The highest BCUT2D eigenvalue weighted by atomic mass is 35.5. The molecule has 1 heterocycles. The first-order chi connectivity index (χ1) is 11.6. The zero-order chi connectivity index (χ0) is 16.9. The number of benzene rings is 2. The number of rotatable bonds is 4. The van der Waals surface area contributed by atoms with E-state index in [0.29, 0.717) is 22.2 Å². The fraction of sp³-hybridized carbons (Fsp3) is 0.0526. The molecule has 1 N–H and O–H groups in total. The molecule has 0 atom stereocenters. The van der Waals surface area contributed by atoms with Crippen molar-refractivity contribution in [2.45, 2.75) is 6.54 Å². The molecule has 24 heavy (non-hydrogen) atoms. The van der Waals surface area contributed by atoms with Gasteiger partial charge in [0.2, 0.25) is 0 Å². The fourth-order valence-corrected chi connectivity index (χ4v) is 2.56. The quantitative estimate of drug-likeness (QED) is 0.715. The second-order valence-corrected chi connectivity index (χ2v) is 6.04. The second-order valence-electron chi connectivity index (χ2n) is 5.23. The van der Waals surface area contributed by atoms with Crippen LogP contribution in [0.2, 0.25) is 10.0 Å². The van der Waals surface area contributed by atoms with Crippen molar-refractivity contribution in [2.24, 2.45) is 0 Å². The Kier molecular flexibility index (Phi) is 5.14. The number of pyridine rings is 1. The van der Waals surface area contributed by atoms with Crippen LogP contribution in [0.25, 0.3) is 11.3 Å². The molecule has 0 saturated carbocycles. The molecule has 3 nitrogen and oxygen atoms in total. The van der Waals surface area contributed by atoms with Crippen molar-refractivity contribution in [2.75, 3.05) is 0 Å². The van der Waals surface area contributed by atoms with Gasteiger partial charge in [-0.1, -0.05) is 59.6 Å². The van der Waals surface area contributed by atoms with Gasteiger partial charge in [0.1, 0.15) is 0 Å². The van der Waals surface area contributed by atoms with Crippen LogP contribution in [0.5, 0.6) is 0 Å². The monoisotopic (exact) mass is 356 g/mol. The molecule has 5 heteroatoms. The minimum absolute atomic E-state index is 0.187. The van der Waals surface area contributed by atoms with Crippen molar-refractivity contribution in [1.82, 2.24) is 10.3 Å². The summed E-state index contributed by atoms with van der Waals surface area (Å²) in [5, 5.41) is 3.80. The molecule has 0 aliphatic carbocycles. The maximum atomic E-state index is 12.2. The van der Waals surface area contributed by atoms with Gasteiger partial charge in [-0.25, -0.2) is 0 Å². The molecular formula is C19H14Cl2N2O. The number of nitrogens with zero attached hydrogens (tertiary/aromatic N) is 1. The number of amides is 1. The van der Waals surface area contributed by atoms with Crippen molar-refractivity contribution >= 4 is 29.1 Å². The van der Waals surface area contributed by atoms with Gasteiger partial charge in [0.15, 0.2) is 0 Å². The Balaban J connectivity index is 1.66. The first kappa shape index (κ1) is 16.5. The van der Waals surface area contributed by atoms with Crippen LogP contribution in [0.1, 0.15) is 15.9 Å². The summed E-state index contributed by atoms with van der Waals surface area (Å²) in [4.78, 5) is 16.6. The van der Waals surface area contributed by atoms with Crippen LogP contribution >= 0.6 is 23.2 Å². The van der Waals surface area contributed by atoms with Crippen LogP contribution in [-0.2, 0) is 6.54 Å². The summed E-state index contributed by atoms with van der Waals surface area (Å²) in [5.74, 6) is -0.187. The average Bonchev–Trinajstić information content (AvgIpc) is 2.63. The van der Waals surface area contributed by atoms with E-state index < -0.39 is 0 Å². The third-order valence-electron chi connectivity index (χ3n) is 3.53. The molecular weight excluding hydrogens is 343 g/mol. The van der Waals surface area contributed by atoms with Crippen molar-refractivity contribution < 1.29 is 4.79 Å². The molecule has 0 radical (unpaired) electrons. The predicted molar refractivity (Wildman–Crippen MR) is 97.3 cm³/mol. The van der Waals surface area contributed by atoms with Crippen LogP contribution in [0.3, 0.4) is 0 Å². The van der Waals surface area contributed by atoms with Crippen molar-refractivity contribution in [3.05, 3.63) is 88.0 Å². The van der Waals surface area contributed by atoms with E-state index in [9.17, 15) is 4.79 Å². The molecule has 0 bridgehead atoms. The van der Waals surface area contributed by atoms with Gasteiger partial charge in [0.05, 0.1) is 21.3 Å². The zero-order valence-electron chi connectivity index (χ0n) is 12.7. The lowest BCUT2D eigenvalue weighted by molar-refractivity contribution is 0.0950. The molecule has 0 saturated heterocycles. The van der Waals surface area contributed by atoms with E-state index >= 15 is 0 Å². The van der Waals surface area contributed by atoms with Gasteiger partial charge < -0.3 is 5.32 Å². The summed E-state index contributed by atoms with van der Waals surface area (Å²) in [6.45, 7) is 0.371. The Morgan fingerprint density at radius 1 is 0.958 bits per heavy atom. The van der Waals surface area contributed by atoms with Crippen LogP contribution < -0.4 is 5.32 Å². The standard InChI is InChI=1S/C19H14Cl2N2O/c20-16-8-6-13(10-17(16)21)11-23-19(24)15-7-9-18(22-12-15)14-4-2-1-3-5-14/h1-10,12H,11H2,(H,23,24). The highest BCUT2D eigenvalue weighted by Gasteiger charge is 2.07. The molecule has 2 aromatic carbocycles. The van der Waals surface area contributed by atoms with Crippen LogP contribution in [0, 0.1) is 0 Å². The van der Waals surface area contributed by atoms with Gasteiger partial charge in [-0.2, -0.15) is 0 Å². The maximum absolute atomic E-state index is 12.2. The first-order valence-electron chi connectivity index (χ1n) is 7.37. The van der Waals surface area contributed by atoms with Gasteiger partial charge in [0, 0.05) is 18.3 Å². The zero-order valence-corrected chi connectivity index (χ0v) is 14.2. The van der Waals surface area contributed by atoms with Crippen LogP contribution in [0.4, 0.5) is 0 Å². The van der Waals surface area contributed by atoms with Gasteiger partial charge in [-0.15, -0.1) is 0 Å². The van der Waals surface area contributed by atoms with Gasteiger partial charge in [-0.3, -0.25) is 9.78 Å². The summed E-state index contributed by atoms with van der Waals surface area (Å²) < 4.78 is 0. The highest BCUT2D eigenvalue weighted by Crippen LogP contribution is 2.22. The van der Waals surface area contributed by atoms with Crippen molar-refractivity contribution in [1.29, 1.82) is 0 Å². The summed E-state index contributed by atoms with van der Waals surface area (Å²) in [6, 6.07) is 18.7. The van der Waals surface area contributed by atoms with Gasteiger partial charge in [0.25, 0.3) is 5.91 Å². The second kappa shape index (κ2) is 7.47. The summed E-state index contributed by atoms with van der Waals surface area (Å²) >= 11 is 11.8. The van der Waals surface area contributed by atoms with E-state index in [2.05, 4.69) is 10.3 Å². The Hall–Kier alpha value is -2.36. The van der Waals surface area contributed by atoms with E-state index in [1.807, 2.05) is 42.5 Å². The van der Waals surface area contributed by atoms with E-state index in [0.717, 1.165) is 16.8 Å². The summed E-state index contributed by atoms with van der Waals surface area (Å²) in [5.41, 5.74) is 3.23. The fourth-order valence-electron chi connectivity index (χ4n) is 2.24. The number of carbonyl (C=O) groups excluding carboxylic acids is 1. The third-order valence-corrected chi connectivity index (χ3v) is 4.27. The number of aromatic nitrogens is 1. The molecule has 1 aromatic heterocycles. The molecule has 3 rings (SSSR count). The summed E-state index contributed by atoms with van der Waals surface area (Å²) in [6.07, 6.45) is 1.58. The molecule has 1 amide bonds. The van der Waals surface area contributed by atoms with Gasteiger partial charge in [-0.05, 0) is 29.8 Å². The maximum Gasteiger partial charge on any atom is 0.253 e. The number of carbonyl (C=O) groups is 1. The Bertz CT molecular complexity index is 849. The van der Waals surface area contributed by atoms with E-state index in [-0.39, 0.29) is 5.91 Å². The molecule has 0 unspecified atom stereocenters. The first-order valence-corrected chi connectivity index (χ1v) is 8.13. The SMILES string of the molecule is O=C(NCc1ccc(Cl)c(Cl)c1)c1ccc(-c2ccccc2)nc1. The highest BCUT2D eigenvalue weighted by molar-refractivity contribution is 6.42. The van der Waals surface area contributed by atoms with E-state index in [1.165, 1.54) is 0 Å². The molecule has 120 valence electrons. The Labute approximate surface area is 150 Å². The average molecular weight is 357 g/mol. The normalized spacial score (nSPS) is 10.4. The van der Waals surface area contributed by atoms with Crippen LogP contribution in [0.15, 0.2) is 66.9 Å². The number of hydrogen-bond donors (Lipinski definition) is 1. The Morgan fingerprint density at radius 2 is 1.75 bits per heavy atom. The minimum atomic E-state index is -0.187. The van der Waals surface area contributed by atoms with E-state index in [1.54, 1.807) is 24.4 Å². The molecule has 0 spiro atoms. The number of nitrogens with one attached hydrogen (secondary N) is 1. The van der Waals surface area contributed by atoms with Gasteiger partial charge >= 0.3 is 0 Å². The topological polar surface area (TPSA) is 42.0 Å². The summed E-state index contributed by atoms with van der Waals surface area (Å²) in [7, 11) is 0. The molecule has 3 aromatic rings. The smallest absolute Gasteiger partial charge is 0.253 e. The Morgan fingerprint density at radius 3 is 2.42 bits per heavy atom. The number of halogens is 2. The lowest BCUT2D eigenvalue weighted by Gasteiger charge is -2.07. The largest absolute Gasteiger partial charge is 0.348 e. The number of hydrogen-bond acceptors (Lipinski definition) is 2. The third kappa shape index (κ3) is 3.94. The minimum Gasteiger partial charge on any atom is -0.348 e. The lowest BCUT2D eigenvalue weighted by atomic mass is 10.1. The molecule has 0 aliphatic rings. The van der Waals surface area contributed by atoms with Crippen molar-refractivity contribution in [3.8, 4) is 11.3 Å². The predicted octanol–water partition coefficient (Wildman–Crippen LogP) is 4.99.